The molecule has 0 bridgehead atoms. The second kappa shape index (κ2) is 7.49. The average molecular weight is 376 g/mol. The van der Waals surface area contributed by atoms with Crippen LogP contribution in [0.4, 0.5) is 13.6 Å². The van der Waals surface area contributed by atoms with Gasteiger partial charge in [0.2, 0.25) is 0 Å². The van der Waals surface area contributed by atoms with E-state index >= 15 is 0 Å². The lowest BCUT2D eigenvalue weighted by atomic mass is 10.2. The van der Waals surface area contributed by atoms with Gasteiger partial charge in [-0.25, -0.2) is 17.9 Å². The Morgan fingerprint density at radius 1 is 1.22 bits per heavy atom. The van der Waals surface area contributed by atoms with Gasteiger partial charge in [0.1, 0.15) is 11.4 Å². The van der Waals surface area contributed by atoms with Gasteiger partial charge in [0.05, 0.1) is 5.75 Å². The molecule has 0 aromatic rings. The van der Waals surface area contributed by atoms with E-state index in [2.05, 4.69) is 0 Å². The standard InChI is InChI=1S/C12H22F2N2O5S2/c1-11(2,3)21-10(17)15-4-6-16(7-5-15)22-8-12(13,14)9-23(18,19)20/h4-9H2,1-3H3,(H,18,19,20). The van der Waals surface area contributed by atoms with Gasteiger partial charge in [0.15, 0.2) is 0 Å². The van der Waals surface area contributed by atoms with Crippen LogP contribution in [-0.4, -0.2) is 77.5 Å². The minimum Gasteiger partial charge on any atom is -0.444 e. The number of rotatable bonds is 5. The molecule has 1 aliphatic rings. The number of halogens is 2. The highest BCUT2D eigenvalue weighted by Gasteiger charge is 2.36. The molecule has 0 unspecified atom stereocenters. The summed E-state index contributed by atoms with van der Waals surface area (Å²) in [5.41, 5.74) is -0.596. The van der Waals surface area contributed by atoms with E-state index < -0.39 is 39.2 Å². The van der Waals surface area contributed by atoms with Gasteiger partial charge in [-0.2, -0.15) is 8.42 Å². The molecular formula is C12H22F2N2O5S2. The Kier molecular flexibility index (Phi) is 6.64. The fraction of sp³-hybridized carbons (Fsp3) is 0.917. The highest BCUT2D eigenvalue weighted by molar-refractivity contribution is 7.97. The lowest BCUT2D eigenvalue weighted by molar-refractivity contribution is 0.0192. The number of carbonyl (C=O) groups excluding carboxylic acids is 1. The first-order valence-electron chi connectivity index (χ1n) is 6.96. The van der Waals surface area contributed by atoms with Crippen molar-refractivity contribution in [1.82, 2.24) is 9.21 Å². The van der Waals surface area contributed by atoms with E-state index in [4.69, 9.17) is 9.29 Å². The molecule has 7 nitrogen and oxygen atoms in total. The zero-order valence-electron chi connectivity index (χ0n) is 13.3. The average Bonchev–Trinajstić information content (AvgIpc) is 2.32. The molecule has 0 spiro atoms. The SMILES string of the molecule is CC(C)(C)OC(=O)N1CCN(SCC(F)(F)CS(=O)(=O)O)CC1. The minimum atomic E-state index is -4.72. The van der Waals surface area contributed by atoms with Crippen molar-refractivity contribution >= 4 is 28.2 Å². The molecule has 1 amide bonds. The van der Waals surface area contributed by atoms with Crippen molar-refractivity contribution in [3.05, 3.63) is 0 Å². The summed E-state index contributed by atoms with van der Waals surface area (Å²) in [6.45, 7) is 6.69. The maximum atomic E-state index is 13.4. The van der Waals surface area contributed by atoms with E-state index in [1.807, 2.05) is 0 Å². The third kappa shape index (κ3) is 8.68. The predicted molar refractivity (Wildman–Crippen MR) is 83.2 cm³/mol. The number of piperazine rings is 1. The number of hydrogen-bond acceptors (Lipinski definition) is 6. The minimum absolute atomic E-state index is 0.339. The van der Waals surface area contributed by atoms with E-state index in [-0.39, 0.29) is 0 Å². The van der Waals surface area contributed by atoms with E-state index in [0.29, 0.717) is 26.2 Å². The van der Waals surface area contributed by atoms with Crippen molar-refractivity contribution < 1.29 is 31.3 Å². The summed E-state index contributed by atoms with van der Waals surface area (Å²) in [5, 5.41) is 0. The maximum absolute atomic E-state index is 13.4. The molecule has 1 N–H and O–H groups in total. The fourth-order valence-electron chi connectivity index (χ4n) is 1.82. The lowest BCUT2D eigenvalue weighted by Gasteiger charge is -2.35. The fourth-order valence-corrected chi connectivity index (χ4v) is 3.48. The normalized spacial score (nSPS) is 18.1. The second-order valence-electron chi connectivity index (χ2n) is 6.25. The first-order valence-corrected chi connectivity index (χ1v) is 9.51. The van der Waals surface area contributed by atoms with Crippen LogP contribution in [0.15, 0.2) is 0 Å². The van der Waals surface area contributed by atoms with Gasteiger partial charge in [-0.3, -0.25) is 4.55 Å². The molecule has 1 aliphatic heterocycles. The Bertz CT molecular complexity index is 514. The van der Waals surface area contributed by atoms with Crippen molar-refractivity contribution in [2.45, 2.75) is 32.3 Å². The van der Waals surface area contributed by atoms with Gasteiger partial charge in [0.25, 0.3) is 16.0 Å². The predicted octanol–water partition coefficient (Wildman–Crippen LogP) is 1.71. The number of ether oxygens (including phenoxy) is 1. The zero-order valence-corrected chi connectivity index (χ0v) is 14.9. The van der Waals surface area contributed by atoms with Gasteiger partial charge in [0, 0.05) is 26.2 Å². The van der Waals surface area contributed by atoms with Gasteiger partial charge >= 0.3 is 6.09 Å². The van der Waals surface area contributed by atoms with Crippen LogP contribution in [0.5, 0.6) is 0 Å². The Hall–Kier alpha value is -0.650. The molecule has 1 heterocycles. The third-order valence-corrected chi connectivity index (χ3v) is 4.81. The van der Waals surface area contributed by atoms with Crippen molar-refractivity contribution in [3.8, 4) is 0 Å². The van der Waals surface area contributed by atoms with Crippen LogP contribution >= 0.6 is 11.9 Å². The molecule has 1 fully saturated rings. The zero-order chi connectivity index (χ0) is 17.9. The van der Waals surface area contributed by atoms with Crippen molar-refractivity contribution in [2.75, 3.05) is 37.7 Å². The number of carbonyl (C=O) groups is 1. The quantitative estimate of drug-likeness (QED) is 0.577. The van der Waals surface area contributed by atoms with Crippen molar-refractivity contribution in [1.29, 1.82) is 0 Å². The summed E-state index contributed by atoms with van der Waals surface area (Å²) in [7, 11) is -4.72. The van der Waals surface area contributed by atoms with Crippen molar-refractivity contribution in [2.24, 2.45) is 0 Å². The number of hydrogen-bond donors (Lipinski definition) is 1. The monoisotopic (exact) mass is 376 g/mol. The molecular weight excluding hydrogens is 354 g/mol. The largest absolute Gasteiger partial charge is 0.444 e. The van der Waals surface area contributed by atoms with Gasteiger partial charge in [-0.1, -0.05) is 11.9 Å². The molecule has 136 valence electrons. The highest BCUT2D eigenvalue weighted by atomic mass is 32.2. The van der Waals surface area contributed by atoms with Crippen molar-refractivity contribution in [3.63, 3.8) is 0 Å². The summed E-state index contributed by atoms with van der Waals surface area (Å²) in [5.74, 6) is -5.86. The van der Waals surface area contributed by atoms with Gasteiger partial charge < -0.3 is 9.64 Å². The van der Waals surface area contributed by atoms with Gasteiger partial charge in [-0.15, -0.1) is 0 Å². The van der Waals surface area contributed by atoms with E-state index in [0.717, 1.165) is 11.9 Å². The molecule has 1 rings (SSSR count). The lowest BCUT2D eigenvalue weighted by Crippen LogP contribution is -2.48. The number of alkyl halides is 2. The molecule has 0 atom stereocenters. The Morgan fingerprint density at radius 3 is 2.17 bits per heavy atom. The first-order chi connectivity index (χ1) is 10.3. The topological polar surface area (TPSA) is 87.2 Å². The first kappa shape index (κ1) is 20.4. The summed E-state index contributed by atoms with van der Waals surface area (Å²) in [6.07, 6.45) is -0.446. The molecule has 0 aromatic heterocycles. The van der Waals surface area contributed by atoms with E-state index in [1.54, 1.807) is 25.1 Å². The van der Waals surface area contributed by atoms with Gasteiger partial charge in [-0.05, 0) is 20.8 Å². The molecule has 0 aromatic carbocycles. The van der Waals surface area contributed by atoms with Crippen LogP contribution < -0.4 is 0 Å². The Balaban J connectivity index is 2.38. The van der Waals surface area contributed by atoms with Crippen LogP contribution in [-0.2, 0) is 14.9 Å². The number of nitrogens with zero attached hydrogens (tertiary/aromatic N) is 2. The molecule has 11 heteroatoms. The van der Waals surface area contributed by atoms with Crippen LogP contribution in [0.1, 0.15) is 20.8 Å². The van der Waals surface area contributed by atoms with Crippen LogP contribution in [0, 0.1) is 0 Å². The van der Waals surface area contributed by atoms with E-state index in [9.17, 15) is 22.0 Å². The second-order valence-corrected chi connectivity index (χ2v) is 8.77. The summed E-state index contributed by atoms with van der Waals surface area (Å²) in [6, 6.07) is 0. The molecule has 23 heavy (non-hydrogen) atoms. The molecule has 1 saturated heterocycles. The summed E-state index contributed by atoms with van der Waals surface area (Å²) in [4.78, 5) is 13.4. The van der Waals surface area contributed by atoms with E-state index in [1.165, 1.54) is 4.90 Å². The third-order valence-electron chi connectivity index (χ3n) is 2.74. The summed E-state index contributed by atoms with van der Waals surface area (Å²) < 4.78 is 63.2. The number of amides is 1. The molecule has 0 saturated carbocycles. The molecule has 0 aliphatic carbocycles. The van der Waals surface area contributed by atoms with Crippen LogP contribution in [0.3, 0.4) is 0 Å². The Morgan fingerprint density at radius 2 is 1.74 bits per heavy atom. The molecule has 0 radical (unpaired) electrons. The highest BCUT2D eigenvalue weighted by Crippen LogP contribution is 2.25. The van der Waals surface area contributed by atoms with Crippen LogP contribution in [0.2, 0.25) is 0 Å². The van der Waals surface area contributed by atoms with Crippen LogP contribution in [0.25, 0.3) is 0 Å². The summed E-state index contributed by atoms with van der Waals surface area (Å²) >= 11 is 0.801. The Labute approximate surface area is 139 Å². The smallest absolute Gasteiger partial charge is 0.410 e. The maximum Gasteiger partial charge on any atom is 0.410 e.